The Kier molecular flexibility index (Phi) is 7.74. The summed E-state index contributed by atoms with van der Waals surface area (Å²) in [4.78, 5) is 23.1. The molecule has 0 aliphatic heterocycles. The van der Waals surface area contributed by atoms with Crippen LogP contribution < -0.4 is 21.8 Å². The highest BCUT2D eigenvalue weighted by Gasteiger charge is 2.25. The van der Waals surface area contributed by atoms with Gasteiger partial charge in [0.25, 0.3) is 0 Å². The highest BCUT2D eigenvalue weighted by Crippen LogP contribution is 2.28. The molecule has 0 aromatic heterocycles. The maximum absolute atomic E-state index is 11.5. The molecule has 120 valence electrons. The summed E-state index contributed by atoms with van der Waals surface area (Å²) in [6.07, 6.45) is 5.99. The Morgan fingerprint density at radius 2 is 2.00 bits per heavy atom. The molecular weight excluding hydrogens is 270 g/mol. The summed E-state index contributed by atoms with van der Waals surface area (Å²) < 4.78 is 0. The maximum Gasteiger partial charge on any atom is 0.335 e. The molecule has 5 N–H and O–H groups in total. The number of hydrazone groups is 1. The number of urea groups is 1. The standard InChI is InChI=1S/C14H27N5O2/c1-3-12(15)9-18-19-14(21)17-8-10-4-6-11(7-5-10)13(20)16-2/h9-12H,3-8,15H2,1-2H3,(H,16,20)(H2,17,19,21). The maximum atomic E-state index is 11.5. The van der Waals surface area contributed by atoms with Crippen molar-refractivity contribution in [1.29, 1.82) is 0 Å². The smallest absolute Gasteiger partial charge is 0.335 e. The summed E-state index contributed by atoms with van der Waals surface area (Å²) in [5.74, 6) is 0.680. The molecule has 1 fully saturated rings. The van der Waals surface area contributed by atoms with Gasteiger partial charge in [0.15, 0.2) is 0 Å². The summed E-state index contributed by atoms with van der Waals surface area (Å²) in [6, 6.07) is -0.451. The molecule has 1 rings (SSSR count). The van der Waals surface area contributed by atoms with Crippen molar-refractivity contribution in [2.75, 3.05) is 13.6 Å². The second kappa shape index (κ2) is 9.33. The fourth-order valence-corrected chi connectivity index (χ4v) is 2.41. The van der Waals surface area contributed by atoms with Crippen LogP contribution in [0.4, 0.5) is 4.79 Å². The van der Waals surface area contributed by atoms with Gasteiger partial charge in [0.05, 0.1) is 0 Å². The first kappa shape index (κ1) is 17.4. The van der Waals surface area contributed by atoms with Crippen molar-refractivity contribution in [3.05, 3.63) is 0 Å². The Labute approximate surface area is 126 Å². The third-order valence-electron chi connectivity index (χ3n) is 3.92. The van der Waals surface area contributed by atoms with E-state index in [1.54, 1.807) is 7.05 Å². The van der Waals surface area contributed by atoms with Gasteiger partial charge in [-0.15, -0.1) is 0 Å². The molecule has 0 saturated heterocycles. The Bertz CT molecular complexity index is 364. The van der Waals surface area contributed by atoms with Gasteiger partial charge < -0.3 is 16.4 Å². The first-order valence-corrected chi connectivity index (χ1v) is 7.61. The van der Waals surface area contributed by atoms with E-state index in [0.717, 1.165) is 32.1 Å². The van der Waals surface area contributed by atoms with Crippen LogP contribution in [-0.4, -0.2) is 37.8 Å². The number of nitrogens with one attached hydrogen (secondary N) is 3. The minimum atomic E-state index is -0.317. The molecule has 21 heavy (non-hydrogen) atoms. The summed E-state index contributed by atoms with van der Waals surface area (Å²) in [7, 11) is 1.67. The summed E-state index contributed by atoms with van der Waals surface area (Å²) in [5, 5.41) is 9.28. The van der Waals surface area contributed by atoms with Gasteiger partial charge in [0.1, 0.15) is 0 Å². The minimum absolute atomic E-state index is 0.125. The summed E-state index contributed by atoms with van der Waals surface area (Å²) >= 11 is 0. The van der Waals surface area contributed by atoms with Crippen molar-refractivity contribution in [2.24, 2.45) is 22.7 Å². The summed E-state index contributed by atoms with van der Waals surface area (Å²) in [6.45, 7) is 2.56. The lowest BCUT2D eigenvalue weighted by atomic mass is 9.81. The van der Waals surface area contributed by atoms with E-state index >= 15 is 0 Å². The Hall–Kier alpha value is -1.63. The first-order valence-electron chi connectivity index (χ1n) is 7.61. The topological polar surface area (TPSA) is 109 Å². The van der Waals surface area contributed by atoms with Gasteiger partial charge in [-0.05, 0) is 38.0 Å². The van der Waals surface area contributed by atoms with Crippen molar-refractivity contribution in [3.8, 4) is 0 Å². The van der Waals surface area contributed by atoms with Gasteiger partial charge in [0, 0.05) is 31.8 Å². The van der Waals surface area contributed by atoms with Crippen LogP contribution in [0.15, 0.2) is 5.10 Å². The van der Waals surface area contributed by atoms with Crippen LogP contribution >= 0.6 is 0 Å². The second-order valence-electron chi connectivity index (χ2n) is 5.50. The zero-order valence-electron chi connectivity index (χ0n) is 12.9. The van der Waals surface area contributed by atoms with Crippen molar-refractivity contribution in [1.82, 2.24) is 16.1 Å². The molecule has 1 aliphatic carbocycles. The predicted octanol–water partition coefficient (Wildman–Crippen LogP) is 0.561. The minimum Gasteiger partial charge on any atom is -0.359 e. The molecule has 0 spiro atoms. The van der Waals surface area contributed by atoms with Gasteiger partial charge in [0.2, 0.25) is 5.91 Å². The number of carbonyl (C=O) groups excluding carboxylic acids is 2. The van der Waals surface area contributed by atoms with E-state index in [1.165, 1.54) is 6.21 Å². The van der Waals surface area contributed by atoms with E-state index in [1.807, 2.05) is 6.92 Å². The van der Waals surface area contributed by atoms with Gasteiger partial charge in [-0.1, -0.05) is 6.92 Å². The van der Waals surface area contributed by atoms with Gasteiger partial charge in [-0.3, -0.25) is 4.79 Å². The van der Waals surface area contributed by atoms with Crippen LogP contribution in [0.5, 0.6) is 0 Å². The highest BCUT2D eigenvalue weighted by atomic mass is 16.2. The Balaban J connectivity index is 2.17. The van der Waals surface area contributed by atoms with Crippen molar-refractivity contribution in [3.63, 3.8) is 0 Å². The van der Waals surface area contributed by atoms with Gasteiger partial charge >= 0.3 is 6.03 Å². The van der Waals surface area contributed by atoms with Crippen molar-refractivity contribution in [2.45, 2.75) is 45.1 Å². The number of amides is 3. The fourth-order valence-electron chi connectivity index (χ4n) is 2.41. The molecule has 1 atom stereocenters. The number of carbonyl (C=O) groups is 2. The second-order valence-corrected chi connectivity index (χ2v) is 5.50. The molecule has 3 amide bonds. The molecular formula is C14H27N5O2. The lowest BCUT2D eigenvalue weighted by Gasteiger charge is -2.27. The molecule has 7 nitrogen and oxygen atoms in total. The largest absolute Gasteiger partial charge is 0.359 e. The van der Waals surface area contributed by atoms with Crippen molar-refractivity contribution < 1.29 is 9.59 Å². The van der Waals surface area contributed by atoms with E-state index < -0.39 is 0 Å². The van der Waals surface area contributed by atoms with Crippen LogP contribution in [0, 0.1) is 11.8 Å². The van der Waals surface area contributed by atoms with E-state index in [4.69, 9.17) is 5.73 Å². The molecule has 1 aliphatic rings. The van der Waals surface area contributed by atoms with Gasteiger partial charge in [-0.2, -0.15) is 5.10 Å². The fraction of sp³-hybridized carbons (Fsp3) is 0.786. The molecule has 7 heteroatoms. The van der Waals surface area contributed by atoms with E-state index in [-0.39, 0.29) is 23.9 Å². The molecule has 0 radical (unpaired) electrons. The van der Waals surface area contributed by atoms with E-state index in [2.05, 4.69) is 21.2 Å². The number of rotatable bonds is 6. The number of hydrogen-bond donors (Lipinski definition) is 4. The zero-order valence-corrected chi connectivity index (χ0v) is 12.9. The molecule has 0 aromatic rings. The van der Waals surface area contributed by atoms with Crippen molar-refractivity contribution >= 4 is 18.2 Å². The first-order chi connectivity index (χ1) is 10.1. The summed E-state index contributed by atoms with van der Waals surface area (Å²) in [5.41, 5.74) is 8.04. The lowest BCUT2D eigenvalue weighted by Crippen LogP contribution is -2.38. The molecule has 0 bridgehead atoms. The molecule has 0 heterocycles. The number of hydrogen-bond acceptors (Lipinski definition) is 4. The third-order valence-corrected chi connectivity index (χ3v) is 3.92. The molecule has 1 unspecified atom stereocenters. The monoisotopic (exact) mass is 297 g/mol. The SMILES string of the molecule is CCC(N)C=NNC(=O)NCC1CCC(C(=O)NC)CC1. The van der Waals surface area contributed by atoms with Crippen LogP contribution in [0.2, 0.25) is 0 Å². The third kappa shape index (κ3) is 6.57. The van der Waals surface area contributed by atoms with Crippen LogP contribution in [0.3, 0.4) is 0 Å². The van der Waals surface area contributed by atoms with E-state index in [9.17, 15) is 9.59 Å². The Morgan fingerprint density at radius 1 is 1.33 bits per heavy atom. The average molecular weight is 297 g/mol. The molecule has 0 aromatic carbocycles. The normalized spacial score (nSPS) is 23.6. The number of nitrogens with zero attached hydrogens (tertiary/aromatic N) is 1. The molecule has 1 saturated carbocycles. The van der Waals surface area contributed by atoms with Crippen LogP contribution in [-0.2, 0) is 4.79 Å². The Morgan fingerprint density at radius 3 is 2.57 bits per heavy atom. The lowest BCUT2D eigenvalue weighted by molar-refractivity contribution is -0.125. The van der Waals surface area contributed by atoms with Crippen LogP contribution in [0.1, 0.15) is 39.0 Å². The highest BCUT2D eigenvalue weighted by molar-refractivity contribution is 5.78. The van der Waals surface area contributed by atoms with Crippen LogP contribution in [0.25, 0.3) is 0 Å². The quantitative estimate of drug-likeness (QED) is 0.425. The predicted molar refractivity (Wildman–Crippen MR) is 82.8 cm³/mol. The van der Waals surface area contributed by atoms with Gasteiger partial charge in [-0.25, -0.2) is 10.2 Å². The number of nitrogens with two attached hydrogens (primary N) is 1. The zero-order chi connectivity index (χ0) is 15.7. The average Bonchev–Trinajstić information content (AvgIpc) is 2.52. The van der Waals surface area contributed by atoms with E-state index in [0.29, 0.717) is 12.5 Å².